The maximum absolute atomic E-state index is 13.4. The zero-order chi connectivity index (χ0) is 31.2. The van der Waals surface area contributed by atoms with Crippen LogP contribution >= 0.6 is 0 Å². The Hall–Kier alpha value is -3.21. The molecule has 15 heteroatoms. The van der Waals surface area contributed by atoms with Crippen molar-refractivity contribution in [3.63, 3.8) is 0 Å². The first-order valence-corrected chi connectivity index (χ1v) is 16.2. The quantitative estimate of drug-likeness (QED) is 0.408. The number of benzene rings is 3. The van der Waals surface area contributed by atoms with Crippen molar-refractivity contribution in [2.24, 2.45) is 0 Å². The number of halogens is 3. The van der Waals surface area contributed by atoms with E-state index in [1.54, 1.807) is 0 Å². The van der Waals surface area contributed by atoms with E-state index < -0.39 is 50.5 Å². The van der Waals surface area contributed by atoms with Gasteiger partial charge in [-0.15, -0.1) is 13.2 Å². The summed E-state index contributed by atoms with van der Waals surface area (Å²) in [6.45, 7) is -0.532. The van der Waals surface area contributed by atoms with E-state index in [4.69, 9.17) is 0 Å². The van der Waals surface area contributed by atoms with Gasteiger partial charge in [-0.1, -0.05) is 36.4 Å². The number of nitrogens with one attached hydrogen (secondary N) is 1. The molecule has 2 N–H and O–H groups in total. The molecule has 1 fully saturated rings. The Kier molecular flexibility index (Phi) is 8.50. The number of aliphatic hydroxyl groups excluding tert-OH is 1. The minimum absolute atomic E-state index is 0.147. The fraction of sp³-hybridized carbons (Fsp3) is 0.357. The number of para-hydroxylation sites is 2. The SMILES string of the molecule is CN(C)S(=O)(=O)N1C[C@@H](NS(=O)(=O)c2ccc(OC(F)(F)F)cc2)[C@H](O)[C@@H](N2c3ccccc3CCc3ccccc32)C1. The number of fused-ring (bicyclic) bond motifs is 2. The molecule has 0 radical (unpaired) electrons. The average molecular weight is 641 g/mol. The zero-order valence-corrected chi connectivity index (χ0v) is 24.9. The molecule has 3 aromatic carbocycles. The van der Waals surface area contributed by atoms with Crippen LogP contribution in [0.25, 0.3) is 0 Å². The molecule has 5 rings (SSSR count). The summed E-state index contributed by atoms with van der Waals surface area (Å²) in [5.41, 5.74) is 3.50. The van der Waals surface area contributed by atoms with E-state index in [9.17, 15) is 35.1 Å². The summed E-state index contributed by atoms with van der Waals surface area (Å²) in [6, 6.07) is 16.5. The van der Waals surface area contributed by atoms with Crippen molar-refractivity contribution in [3.8, 4) is 5.75 Å². The second-order valence-corrected chi connectivity index (χ2v) is 14.4. The average Bonchev–Trinajstić information content (AvgIpc) is 3.10. The van der Waals surface area contributed by atoms with Crippen LogP contribution in [0, 0.1) is 0 Å². The van der Waals surface area contributed by atoms with E-state index in [-0.39, 0.29) is 18.0 Å². The fourth-order valence-electron chi connectivity index (χ4n) is 5.51. The van der Waals surface area contributed by atoms with Crippen LogP contribution in [0.3, 0.4) is 0 Å². The van der Waals surface area contributed by atoms with Gasteiger partial charge in [-0.2, -0.15) is 17.0 Å². The third-order valence-corrected chi connectivity index (χ3v) is 10.9. The van der Waals surface area contributed by atoms with Gasteiger partial charge >= 0.3 is 6.36 Å². The van der Waals surface area contributed by atoms with Crippen LogP contribution in [0.1, 0.15) is 11.1 Å². The van der Waals surface area contributed by atoms with Crippen LogP contribution in [0.5, 0.6) is 5.75 Å². The van der Waals surface area contributed by atoms with Gasteiger partial charge in [0.15, 0.2) is 0 Å². The van der Waals surface area contributed by atoms with Gasteiger partial charge in [0.1, 0.15) is 5.75 Å². The second-order valence-electron chi connectivity index (χ2n) is 10.5. The first-order valence-electron chi connectivity index (χ1n) is 13.4. The van der Waals surface area contributed by atoms with E-state index in [1.807, 2.05) is 53.4 Å². The van der Waals surface area contributed by atoms with E-state index in [0.29, 0.717) is 12.8 Å². The largest absolute Gasteiger partial charge is 0.573 e. The highest BCUT2D eigenvalue weighted by Gasteiger charge is 2.46. The van der Waals surface area contributed by atoms with Crippen molar-refractivity contribution in [2.75, 3.05) is 32.1 Å². The number of alkyl halides is 3. The maximum atomic E-state index is 13.4. The van der Waals surface area contributed by atoms with Gasteiger partial charge in [-0.05, 0) is 60.4 Å². The van der Waals surface area contributed by atoms with Crippen LogP contribution < -0.4 is 14.4 Å². The van der Waals surface area contributed by atoms with Crippen molar-refractivity contribution < 1.29 is 39.9 Å². The summed E-state index contributed by atoms with van der Waals surface area (Å²) in [6.07, 6.45) is -4.94. The van der Waals surface area contributed by atoms with Crippen molar-refractivity contribution in [2.45, 2.75) is 42.3 Å². The maximum Gasteiger partial charge on any atom is 0.573 e. The van der Waals surface area contributed by atoms with Crippen LogP contribution in [0.15, 0.2) is 77.7 Å². The minimum atomic E-state index is -4.95. The molecule has 1 saturated heterocycles. The van der Waals surface area contributed by atoms with Gasteiger partial charge in [-0.25, -0.2) is 13.1 Å². The molecule has 10 nitrogen and oxygen atoms in total. The Morgan fingerprint density at radius 1 is 0.860 bits per heavy atom. The third-order valence-electron chi connectivity index (χ3n) is 7.56. The standard InChI is InChI=1S/C28H31F3N4O6S2/c1-33(2)43(39,40)34-17-23(32-42(37,38)22-15-13-21(14-16-22)41-28(29,30)31)27(36)26(18-34)35-24-9-5-3-7-19(24)11-12-20-8-4-6-10-25(20)35/h3-10,13-16,23,26-27,32,36H,11-12,17-18H2,1-2H3/t23-,26+,27+/m1/s1. The van der Waals surface area contributed by atoms with E-state index in [1.165, 1.54) is 14.1 Å². The first-order chi connectivity index (χ1) is 20.2. The monoisotopic (exact) mass is 640 g/mol. The number of piperidine rings is 1. The molecular weight excluding hydrogens is 609 g/mol. The molecule has 0 aliphatic carbocycles. The molecule has 3 atom stereocenters. The molecule has 0 saturated carbocycles. The number of nitrogens with zero attached hydrogens (tertiary/aromatic N) is 3. The lowest BCUT2D eigenvalue weighted by molar-refractivity contribution is -0.274. The molecule has 0 aromatic heterocycles. The zero-order valence-electron chi connectivity index (χ0n) is 23.3. The molecule has 232 valence electrons. The highest BCUT2D eigenvalue weighted by Crippen LogP contribution is 2.40. The molecule has 2 aliphatic rings. The van der Waals surface area contributed by atoms with Gasteiger partial charge in [0.25, 0.3) is 10.2 Å². The predicted octanol–water partition coefficient (Wildman–Crippen LogP) is 3.02. The van der Waals surface area contributed by atoms with Crippen LogP contribution in [0.4, 0.5) is 24.5 Å². The number of aliphatic hydroxyl groups is 1. The number of ether oxygens (including phenoxy) is 1. The summed E-state index contributed by atoms with van der Waals surface area (Å²) in [5, 5.41) is 11.8. The molecule has 2 aliphatic heterocycles. The Bertz CT molecular complexity index is 1640. The van der Waals surface area contributed by atoms with Gasteiger partial charge in [0.05, 0.1) is 23.1 Å². The fourth-order valence-corrected chi connectivity index (χ4v) is 7.90. The normalized spacial score (nSPS) is 21.7. The molecule has 0 spiro atoms. The smallest absolute Gasteiger partial charge is 0.406 e. The molecule has 3 aromatic rings. The summed E-state index contributed by atoms with van der Waals surface area (Å²) in [7, 11) is -5.78. The number of hydrogen-bond donors (Lipinski definition) is 2. The summed E-state index contributed by atoms with van der Waals surface area (Å²) in [5.74, 6) is -0.606. The first kappa shape index (κ1) is 31.2. The summed E-state index contributed by atoms with van der Waals surface area (Å²) >= 11 is 0. The van der Waals surface area contributed by atoms with Crippen molar-refractivity contribution in [1.82, 2.24) is 13.3 Å². The number of sulfonamides is 1. The Morgan fingerprint density at radius 3 is 1.91 bits per heavy atom. The predicted molar refractivity (Wildman–Crippen MR) is 154 cm³/mol. The molecule has 0 amide bonds. The Balaban J connectivity index is 1.55. The van der Waals surface area contributed by atoms with Crippen molar-refractivity contribution in [1.29, 1.82) is 0 Å². The second kappa shape index (κ2) is 11.7. The van der Waals surface area contributed by atoms with Gasteiger partial charge in [0, 0.05) is 38.6 Å². The van der Waals surface area contributed by atoms with Gasteiger partial charge < -0.3 is 14.7 Å². The van der Waals surface area contributed by atoms with Crippen LogP contribution in [-0.4, -0.2) is 82.3 Å². The van der Waals surface area contributed by atoms with Crippen molar-refractivity contribution in [3.05, 3.63) is 83.9 Å². The lowest BCUT2D eigenvalue weighted by Gasteiger charge is -2.46. The van der Waals surface area contributed by atoms with Gasteiger partial charge in [0.2, 0.25) is 10.0 Å². The van der Waals surface area contributed by atoms with E-state index in [2.05, 4.69) is 9.46 Å². The summed E-state index contributed by atoms with van der Waals surface area (Å²) in [4.78, 5) is 1.49. The number of anilines is 2. The lowest BCUT2D eigenvalue weighted by Crippen LogP contribution is -2.66. The van der Waals surface area contributed by atoms with E-state index in [0.717, 1.165) is 55.4 Å². The van der Waals surface area contributed by atoms with Crippen molar-refractivity contribution >= 4 is 31.6 Å². The third kappa shape index (κ3) is 6.51. The Labute approximate surface area is 248 Å². The summed E-state index contributed by atoms with van der Waals surface area (Å²) < 4.78 is 99.6. The molecular formula is C28H31F3N4O6S2. The minimum Gasteiger partial charge on any atom is -0.406 e. The number of rotatable bonds is 7. The number of aryl methyl sites for hydroxylation is 2. The van der Waals surface area contributed by atoms with Crippen LogP contribution in [-0.2, 0) is 33.1 Å². The molecule has 0 unspecified atom stereocenters. The molecule has 0 bridgehead atoms. The molecule has 43 heavy (non-hydrogen) atoms. The highest BCUT2D eigenvalue weighted by atomic mass is 32.2. The van der Waals surface area contributed by atoms with Crippen LogP contribution in [0.2, 0.25) is 0 Å². The molecule has 2 heterocycles. The number of hydrogen-bond acceptors (Lipinski definition) is 7. The Morgan fingerprint density at radius 2 is 1.40 bits per heavy atom. The van der Waals surface area contributed by atoms with E-state index >= 15 is 0 Å². The van der Waals surface area contributed by atoms with Gasteiger partial charge in [-0.3, -0.25) is 0 Å². The highest BCUT2D eigenvalue weighted by molar-refractivity contribution is 7.89. The lowest BCUT2D eigenvalue weighted by atomic mass is 9.96. The topological polar surface area (TPSA) is 119 Å².